The van der Waals surface area contributed by atoms with Gasteiger partial charge in [-0.05, 0) is 93.1 Å². The van der Waals surface area contributed by atoms with Gasteiger partial charge in [-0.1, -0.05) is 24.3 Å². The zero-order valence-corrected chi connectivity index (χ0v) is 20.4. The first-order valence-electron chi connectivity index (χ1n) is 11.5. The number of para-hydroxylation sites is 1. The van der Waals surface area contributed by atoms with E-state index in [0.29, 0.717) is 5.11 Å². The molecule has 0 amide bonds. The first-order valence-corrected chi connectivity index (χ1v) is 11.9. The van der Waals surface area contributed by atoms with Crippen LogP contribution in [0.4, 0.5) is 5.69 Å². The Hall–Kier alpha value is -3.64. The summed E-state index contributed by atoms with van der Waals surface area (Å²) in [5.41, 5.74) is 5.47. The number of benzene rings is 2. The molecule has 34 heavy (non-hydrogen) atoms. The molecule has 3 heterocycles. The van der Waals surface area contributed by atoms with E-state index in [9.17, 15) is 0 Å². The minimum Gasteiger partial charge on any atom is -0.491 e. The van der Waals surface area contributed by atoms with Gasteiger partial charge in [-0.25, -0.2) is 0 Å². The molecule has 2 atom stereocenters. The van der Waals surface area contributed by atoms with Gasteiger partial charge < -0.3 is 19.5 Å². The van der Waals surface area contributed by atoms with Gasteiger partial charge in [-0.15, -0.1) is 0 Å². The Kier molecular flexibility index (Phi) is 6.07. The fourth-order valence-electron chi connectivity index (χ4n) is 4.58. The minimum atomic E-state index is -0.0991. The number of pyridine rings is 1. The summed E-state index contributed by atoms with van der Waals surface area (Å²) in [6.45, 7) is 6.19. The van der Waals surface area contributed by atoms with Gasteiger partial charge in [0.05, 0.1) is 17.8 Å². The van der Waals surface area contributed by atoms with E-state index in [2.05, 4.69) is 87.5 Å². The van der Waals surface area contributed by atoms with Gasteiger partial charge in [0.15, 0.2) is 5.11 Å². The van der Waals surface area contributed by atoms with Crippen LogP contribution in [-0.4, -0.2) is 20.8 Å². The quantitative estimate of drug-likeness (QED) is 0.344. The summed E-state index contributed by atoms with van der Waals surface area (Å²) in [6.07, 6.45) is 4.07. The van der Waals surface area contributed by atoms with Crippen LogP contribution in [0.1, 0.15) is 42.9 Å². The maximum atomic E-state index is 5.89. The lowest BCUT2D eigenvalue weighted by Crippen LogP contribution is -2.30. The third-order valence-corrected chi connectivity index (χ3v) is 6.36. The van der Waals surface area contributed by atoms with Crippen molar-refractivity contribution in [3.8, 4) is 11.4 Å². The average molecular weight is 469 g/mol. The first kappa shape index (κ1) is 22.2. The summed E-state index contributed by atoms with van der Waals surface area (Å²) < 4.78 is 8.12. The summed E-state index contributed by atoms with van der Waals surface area (Å²) in [5.74, 6) is 0.845. The van der Waals surface area contributed by atoms with E-state index in [-0.39, 0.29) is 18.2 Å². The molecule has 172 valence electrons. The number of thiocarbonyl (C=S) groups is 1. The first-order chi connectivity index (χ1) is 16.5. The van der Waals surface area contributed by atoms with E-state index < -0.39 is 0 Å². The second kappa shape index (κ2) is 9.31. The molecule has 1 aliphatic heterocycles. The second-order valence-corrected chi connectivity index (χ2v) is 9.13. The molecule has 0 radical (unpaired) electrons. The van der Waals surface area contributed by atoms with Gasteiger partial charge in [0.2, 0.25) is 0 Å². The molecule has 4 aromatic rings. The lowest BCUT2D eigenvalue weighted by atomic mass is 10.0. The summed E-state index contributed by atoms with van der Waals surface area (Å²) >= 11 is 5.89. The van der Waals surface area contributed by atoms with E-state index >= 15 is 0 Å². The molecular formula is C28H28N4OS. The van der Waals surface area contributed by atoms with Gasteiger partial charge >= 0.3 is 0 Å². The van der Waals surface area contributed by atoms with Gasteiger partial charge in [0.1, 0.15) is 11.8 Å². The van der Waals surface area contributed by atoms with Crippen molar-refractivity contribution in [3.63, 3.8) is 0 Å². The lowest BCUT2D eigenvalue weighted by molar-refractivity contribution is 0.242. The highest BCUT2D eigenvalue weighted by Crippen LogP contribution is 2.42. The van der Waals surface area contributed by atoms with Crippen molar-refractivity contribution in [1.29, 1.82) is 0 Å². The number of ether oxygens (including phenoxy) is 1. The Balaban J connectivity index is 1.62. The summed E-state index contributed by atoms with van der Waals surface area (Å²) in [4.78, 5) is 6.86. The topological polar surface area (TPSA) is 42.3 Å². The molecule has 1 aliphatic rings. The SMILES string of the molecule is Cc1ccccc1-n1cccc1C1C(c2ccccn2)NC(=S)N1c1ccc(OC(C)C)cc1. The zero-order valence-electron chi connectivity index (χ0n) is 19.6. The van der Waals surface area contributed by atoms with Crippen molar-refractivity contribution in [2.45, 2.75) is 39.0 Å². The van der Waals surface area contributed by atoms with Crippen LogP contribution in [0.5, 0.6) is 5.75 Å². The van der Waals surface area contributed by atoms with Crippen molar-refractivity contribution in [2.24, 2.45) is 0 Å². The lowest BCUT2D eigenvalue weighted by Gasteiger charge is -2.29. The number of rotatable bonds is 6. The Morgan fingerprint density at radius 3 is 2.41 bits per heavy atom. The highest BCUT2D eigenvalue weighted by molar-refractivity contribution is 7.80. The molecule has 2 unspecified atom stereocenters. The van der Waals surface area contributed by atoms with E-state index in [1.807, 2.05) is 44.3 Å². The van der Waals surface area contributed by atoms with Crippen LogP contribution in [0.3, 0.4) is 0 Å². The molecule has 1 saturated heterocycles. The molecule has 1 N–H and O–H groups in total. The summed E-state index contributed by atoms with van der Waals surface area (Å²) in [5, 5.41) is 4.22. The van der Waals surface area contributed by atoms with Crippen LogP contribution >= 0.6 is 12.2 Å². The number of hydrogen-bond acceptors (Lipinski definition) is 3. The normalized spacial score (nSPS) is 17.8. The van der Waals surface area contributed by atoms with Crippen LogP contribution in [0, 0.1) is 6.92 Å². The fourth-order valence-corrected chi connectivity index (χ4v) is 4.93. The monoisotopic (exact) mass is 468 g/mol. The number of nitrogens with one attached hydrogen (secondary N) is 1. The molecule has 2 aromatic heterocycles. The van der Waals surface area contributed by atoms with Crippen LogP contribution in [0.15, 0.2) is 91.3 Å². The Bertz CT molecular complexity index is 1280. The molecular weight excluding hydrogens is 440 g/mol. The average Bonchev–Trinajstić information content (AvgIpc) is 3.44. The van der Waals surface area contributed by atoms with Crippen molar-refractivity contribution >= 4 is 23.0 Å². The molecule has 5 nitrogen and oxygen atoms in total. The smallest absolute Gasteiger partial charge is 0.174 e. The standard InChI is InChI=1S/C28H28N4OS/c1-19(2)33-22-15-13-21(14-16-22)32-27(26(30-28(32)34)23-10-6-7-17-29-23)25-12-8-18-31(25)24-11-5-4-9-20(24)3/h4-19,26-27H,1-3H3,(H,30,34). The maximum Gasteiger partial charge on any atom is 0.174 e. The number of aromatic nitrogens is 2. The third kappa shape index (κ3) is 4.17. The van der Waals surface area contributed by atoms with E-state index in [1.165, 1.54) is 5.56 Å². The predicted octanol–water partition coefficient (Wildman–Crippen LogP) is 6.15. The van der Waals surface area contributed by atoms with Crippen LogP contribution in [0.2, 0.25) is 0 Å². The number of anilines is 1. The van der Waals surface area contributed by atoms with Crippen molar-refractivity contribution in [3.05, 3.63) is 108 Å². The third-order valence-electron chi connectivity index (χ3n) is 6.04. The van der Waals surface area contributed by atoms with Crippen molar-refractivity contribution in [2.75, 3.05) is 4.90 Å². The second-order valence-electron chi connectivity index (χ2n) is 8.75. The van der Waals surface area contributed by atoms with Crippen LogP contribution in [-0.2, 0) is 0 Å². The summed E-state index contributed by atoms with van der Waals surface area (Å²) in [6, 6.07) is 26.7. The molecule has 2 aromatic carbocycles. The highest BCUT2D eigenvalue weighted by atomic mass is 32.1. The fraction of sp³-hybridized carbons (Fsp3) is 0.214. The molecule has 6 heteroatoms. The molecule has 0 spiro atoms. The minimum absolute atomic E-state index is 0.0890. The van der Waals surface area contributed by atoms with E-state index in [4.69, 9.17) is 17.0 Å². The number of nitrogens with zero attached hydrogens (tertiary/aromatic N) is 3. The number of aryl methyl sites for hydroxylation is 1. The van der Waals surface area contributed by atoms with Gasteiger partial charge in [0.25, 0.3) is 0 Å². The summed E-state index contributed by atoms with van der Waals surface area (Å²) in [7, 11) is 0. The van der Waals surface area contributed by atoms with Gasteiger partial charge in [0, 0.05) is 29.5 Å². The Morgan fingerprint density at radius 2 is 1.71 bits per heavy atom. The molecule has 0 saturated carbocycles. The Morgan fingerprint density at radius 1 is 0.941 bits per heavy atom. The molecule has 0 bridgehead atoms. The number of hydrogen-bond donors (Lipinski definition) is 1. The maximum absolute atomic E-state index is 5.89. The molecule has 5 rings (SSSR count). The predicted molar refractivity (Wildman–Crippen MR) is 141 cm³/mol. The van der Waals surface area contributed by atoms with Gasteiger partial charge in [-0.3, -0.25) is 4.98 Å². The van der Waals surface area contributed by atoms with E-state index in [1.54, 1.807) is 0 Å². The molecule has 1 fully saturated rings. The van der Waals surface area contributed by atoms with Crippen molar-refractivity contribution < 1.29 is 4.74 Å². The van der Waals surface area contributed by atoms with Crippen LogP contribution in [0.25, 0.3) is 5.69 Å². The van der Waals surface area contributed by atoms with E-state index in [0.717, 1.165) is 28.5 Å². The van der Waals surface area contributed by atoms with Crippen LogP contribution < -0.4 is 15.0 Å². The zero-order chi connectivity index (χ0) is 23.7. The Labute approximate surface area is 206 Å². The largest absolute Gasteiger partial charge is 0.491 e. The molecule has 0 aliphatic carbocycles. The highest BCUT2D eigenvalue weighted by Gasteiger charge is 2.42. The van der Waals surface area contributed by atoms with Crippen molar-refractivity contribution in [1.82, 2.24) is 14.9 Å². The van der Waals surface area contributed by atoms with Gasteiger partial charge in [-0.2, -0.15) is 0 Å².